The standard InChI is InChI=1S/C9H10BrFN2O/c1-2-13-7-4-5(10)3-6(11)8(7)9(12)14/h3-4,13H,2H2,1H3,(H2,12,14). The third-order valence-corrected chi connectivity index (χ3v) is 2.13. The summed E-state index contributed by atoms with van der Waals surface area (Å²) in [5.41, 5.74) is 5.37. The molecular formula is C9H10BrFN2O. The Kier molecular flexibility index (Phi) is 3.46. The lowest BCUT2D eigenvalue weighted by Crippen LogP contribution is -2.16. The molecule has 0 saturated carbocycles. The zero-order valence-corrected chi connectivity index (χ0v) is 9.19. The van der Waals surface area contributed by atoms with Crippen LogP contribution in [0.1, 0.15) is 17.3 Å². The summed E-state index contributed by atoms with van der Waals surface area (Å²) in [7, 11) is 0. The summed E-state index contributed by atoms with van der Waals surface area (Å²) in [5.74, 6) is -1.39. The van der Waals surface area contributed by atoms with Gasteiger partial charge in [0, 0.05) is 11.0 Å². The maximum absolute atomic E-state index is 13.3. The Morgan fingerprint density at radius 3 is 2.79 bits per heavy atom. The SMILES string of the molecule is CCNc1cc(Br)cc(F)c1C(N)=O. The number of carbonyl (C=O) groups is 1. The van der Waals surface area contributed by atoms with Gasteiger partial charge in [0.15, 0.2) is 0 Å². The van der Waals surface area contributed by atoms with Crippen molar-refractivity contribution in [1.29, 1.82) is 0 Å². The predicted molar refractivity (Wildman–Crippen MR) is 56.8 cm³/mol. The van der Waals surface area contributed by atoms with Gasteiger partial charge in [-0.25, -0.2) is 4.39 Å². The monoisotopic (exact) mass is 260 g/mol. The largest absolute Gasteiger partial charge is 0.385 e. The molecule has 3 nitrogen and oxygen atoms in total. The minimum atomic E-state index is -0.772. The Balaban J connectivity index is 3.28. The van der Waals surface area contributed by atoms with Crippen LogP contribution in [0, 0.1) is 5.82 Å². The molecular weight excluding hydrogens is 251 g/mol. The Labute approximate surface area is 89.6 Å². The highest BCUT2D eigenvalue weighted by Crippen LogP contribution is 2.24. The normalized spacial score (nSPS) is 9.93. The average Bonchev–Trinajstić information content (AvgIpc) is 2.01. The topological polar surface area (TPSA) is 55.1 Å². The van der Waals surface area contributed by atoms with Crippen molar-refractivity contribution in [2.24, 2.45) is 5.73 Å². The van der Waals surface area contributed by atoms with E-state index >= 15 is 0 Å². The van der Waals surface area contributed by atoms with Crippen LogP contribution in [-0.4, -0.2) is 12.5 Å². The first kappa shape index (κ1) is 11.0. The molecule has 0 atom stereocenters. The molecule has 0 aliphatic carbocycles. The second-order valence-electron chi connectivity index (χ2n) is 2.70. The lowest BCUT2D eigenvalue weighted by molar-refractivity contribution is 0.0997. The molecule has 0 aliphatic rings. The molecule has 1 aromatic rings. The lowest BCUT2D eigenvalue weighted by atomic mass is 10.1. The van der Waals surface area contributed by atoms with Gasteiger partial charge in [0.05, 0.1) is 11.3 Å². The summed E-state index contributed by atoms with van der Waals surface area (Å²) in [6.45, 7) is 2.44. The first-order chi connectivity index (χ1) is 6.56. The van der Waals surface area contributed by atoms with Crippen molar-refractivity contribution < 1.29 is 9.18 Å². The quantitative estimate of drug-likeness (QED) is 0.875. The number of carbonyl (C=O) groups excluding carboxylic acids is 1. The van der Waals surface area contributed by atoms with Gasteiger partial charge in [0.25, 0.3) is 5.91 Å². The van der Waals surface area contributed by atoms with Crippen molar-refractivity contribution in [2.45, 2.75) is 6.92 Å². The van der Waals surface area contributed by atoms with Crippen LogP contribution in [0.4, 0.5) is 10.1 Å². The van der Waals surface area contributed by atoms with Crippen molar-refractivity contribution in [2.75, 3.05) is 11.9 Å². The van der Waals surface area contributed by atoms with Gasteiger partial charge in [-0.2, -0.15) is 0 Å². The second kappa shape index (κ2) is 4.41. The van der Waals surface area contributed by atoms with E-state index in [1.54, 1.807) is 6.07 Å². The summed E-state index contributed by atoms with van der Waals surface area (Å²) < 4.78 is 13.9. The fraction of sp³-hybridized carbons (Fsp3) is 0.222. The molecule has 0 spiro atoms. The minimum absolute atomic E-state index is 0.102. The molecule has 0 saturated heterocycles. The van der Waals surface area contributed by atoms with Gasteiger partial charge in [-0.3, -0.25) is 4.79 Å². The van der Waals surface area contributed by atoms with Crippen LogP contribution in [-0.2, 0) is 0 Å². The van der Waals surface area contributed by atoms with Gasteiger partial charge in [0.2, 0.25) is 0 Å². The van der Waals surface area contributed by atoms with Crippen LogP contribution in [0.25, 0.3) is 0 Å². The minimum Gasteiger partial charge on any atom is -0.385 e. The van der Waals surface area contributed by atoms with E-state index in [1.165, 1.54) is 6.07 Å². The van der Waals surface area contributed by atoms with E-state index in [0.717, 1.165) is 0 Å². The Hall–Kier alpha value is -1.10. The number of rotatable bonds is 3. The number of hydrogen-bond donors (Lipinski definition) is 2. The molecule has 0 radical (unpaired) electrons. The van der Waals surface area contributed by atoms with Gasteiger partial charge in [-0.15, -0.1) is 0 Å². The molecule has 0 fully saturated rings. The second-order valence-corrected chi connectivity index (χ2v) is 3.62. The fourth-order valence-corrected chi connectivity index (χ4v) is 1.58. The van der Waals surface area contributed by atoms with E-state index in [-0.39, 0.29) is 5.56 Å². The highest BCUT2D eigenvalue weighted by molar-refractivity contribution is 9.10. The van der Waals surface area contributed by atoms with Crippen molar-refractivity contribution in [3.05, 3.63) is 28.0 Å². The Morgan fingerprint density at radius 1 is 1.64 bits per heavy atom. The van der Waals surface area contributed by atoms with E-state index < -0.39 is 11.7 Å². The van der Waals surface area contributed by atoms with Crippen LogP contribution in [0.3, 0.4) is 0 Å². The summed E-state index contributed by atoms with van der Waals surface area (Å²) in [6.07, 6.45) is 0. The lowest BCUT2D eigenvalue weighted by Gasteiger charge is -2.09. The molecule has 0 heterocycles. The van der Waals surface area contributed by atoms with E-state index in [1.807, 2.05) is 6.92 Å². The van der Waals surface area contributed by atoms with Crippen LogP contribution in [0.15, 0.2) is 16.6 Å². The number of amides is 1. The molecule has 1 amide bonds. The van der Waals surface area contributed by atoms with E-state index in [0.29, 0.717) is 16.7 Å². The van der Waals surface area contributed by atoms with Crippen LogP contribution in [0.5, 0.6) is 0 Å². The maximum atomic E-state index is 13.3. The molecule has 0 bridgehead atoms. The number of hydrogen-bond acceptors (Lipinski definition) is 2. The zero-order chi connectivity index (χ0) is 10.7. The van der Waals surface area contributed by atoms with Crippen LogP contribution in [0.2, 0.25) is 0 Å². The number of halogens is 2. The van der Waals surface area contributed by atoms with Gasteiger partial charge < -0.3 is 11.1 Å². The van der Waals surface area contributed by atoms with Crippen LogP contribution >= 0.6 is 15.9 Å². The molecule has 1 aromatic carbocycles. The number of nitrogens with one attached hydrogen (secondary N) is 1. The van der Waals surface area contributed by atoms with Crippen molar-refractivity contribution >= 4 is 27.5 Å². The molecule has 76 valence electrons. The smallest absolute Gasteiger partial charge is 0.253 e. The number of benzene rings is 1. The molecule has 5 heteroatoms. The fourth-order valence-electron chi connectivity index (χ4n) is 1.15. The highest BCUT2D eigenvalue weighted by Gasteiger charge is 2.14. The first-order valence-corrected chi connectivity index (χ1v) is 4.88. The van der Waals surface area contributed by atoms with Crippen molar-refractivity contribution in [1.82, 2.24) is 0 Å². The van der Waals surface area contributed by atoms with E-state index in [4.69, 9.17) is 5.73 Å². The summed E-state index contributed by atoms with van der Waals surface area (Å²) in [5, 5.41) is 2.87. The van der Waals surface area contributed by atoms with Gasteiger partial charge in [-0.1, -0.05) is 15.9 Å². The van der Waals surface area contributed by atoms with E-state index in [9.17, 15) is 9.18 Å². The highest BCUT2D eigenvalue weighted by atomic mass is 79.9. The molecule has 14 heavy (non-hydrogen) atoms. The summed E-state index contributed by atoms with van der Waals surface area (Å²) in [6, 6.07) is 2.83. The molecule has 3 N–H and O–H groups in total. The Morgan fingerprint density at radius 2 is 2.29 bits per heavy atom. The first-order valence-electron chi connectivity index (χ1n) is 4.09. The molecule has 0 unspecified atom stereocenters. The maximum Gasteiger partial charge on any atom is 0.253 e. The average molecular weight is 261 g/mol. The van der Waals surface area contributed by atoms with Crippen molar-refractivity contribution in [3.63, 3.8) is 0 Å². The van der Waals surface area contributed by atoms with Gasteiger partial charge in [-0.05, 0) is 19.1 Å². The Bertz CT molecular complexity index is 368. The third-order valence-electron chi connectivity index (χ3n) is 1.67. The molecule has 0 aliphatic heterocycles. The predicted octanol–water partition coefficient (Wildman–Crippen LogP) is 2.12. The number of primary amides is 1. The van der Waals surface area contributed by atoms with Crippen LogP contribution < -0.4 is 11.1 Å². The zero-order valence-electron chi connectivity index (χ0n) is 7.60. The molecule has 1 rings (SSSR count). The molecule has 0 aromatic heterocycles. The van der Waals surface area contributed by atoms with E-state index in [2.05, 4.69) is 21.2 Å². The third kappa shape index (κ3) is 2.23. The summed E-state index contributed by atoms with van der Waals surface area (Å²) in [4.78, 5) is 11.0. The van der Waals surface area contributed by atoms with Crippen molar-refractivity contribution in [3.8, 4) is 0 Å². The summed E-state index contributed by atoms with van der Waals surface area (Å²) >= 11 is 3.13. The number of anilines is 1. The van der Waals surface area contributed by atoms with Gasteiger partial charge in [0.1, 0.15) is 5.82 Å². The van der Waals surface area contributed by atoms with Gasteiger partial charge >= 0.3 is 0 Å². The number of nitrogens with two attached hydrogens (primary N) is 1.